The van der Waals surface area contributed by atoms with Gasteiger partial charge in [-0.1, -0.05) is 29.8 Å². The summed E-state index contributed by atoms with van der Waals surface area (Å²) in [5.74, 6) is 1.68. The minimum atomic E-state index is -0.250. The highest BCUT2D eigenvalue weighted by atomic mass is 16.3. The molecular formula is C18H26N4O2. The number of likely N-dealkylation sites (tertiary alicyclic amines) is 1. The van der Waals surface area contributed by atoms with Crippen LogP contribution in [-0.4, -0.2) is 50.9 Å². The largest absolute Gasteiger partial charge is 0.483 e. The zero-order valence-electron chi connectivity index (χ0n) is 14.4. The fourth-order valence-corrected chi connectivity index (χ4v) is 3.24. The molecule has 0 aliphatic carbocycles. The first-order valence-electron chi connectivity index (χ1n) is 8.35. The highest BCUT2D eigenvalue weighted by Gasteiger charge is 2.21. The van der Waals surface area contributed by atoms with Crippen molar-refractivity contribution in [1.29, 1.82) is 0 Å². The van der Waals surface area contributed by atoms with E-state index in [1.54, 1.807) is 0 Å². The third kappa shape index (κ3) is 5.16. The number of hydrogen-bond acceptors (Lipinski definition) is 4. The molecule has 1 aromatic carbocycles. The first-order chi connectivity index (χ1) is 11.6. The van der Waals surface area contributed by atoms with Gasteiger partial charge in [-0.2, -0.15) is 0 Å². The Morgan fingerprint density at radius 1 is 1.33 bits per heavy atom. The maximum Gasteiger partial charge on any atom is 0.290 e. The van der Waals surface area contributed by atoms with Crippen molar-refractivity contribution in [2.24, 2.45) is 0 Å². The SMILES string of the molecule is Cc1cccc(C2CCCN(CCn3cnnc3C)C2)c1.O=CO. The lowest BCUT2D eigenvalue weighted by Crippen LogP contribution is -2.36. The van der Waals surface area contributed by atoms with Gasteiger partial charge >= 0.3 is 0 Å². The van der Waals surface area contributed by atoms with Gasteiger partial charge in [-0.3, -0.25) is 4.79 Å². The molecule has 6 nitrogen and oxygen atoms in total. The van der Waals surface area contributed by atoms with Crippen LogP contribution in [0.25, 0.3) is 0 Å². The Kier molecular flexibility index (Phi) is 6.93. The maximum atomic E-state index is 8.36. The van der Waals surface area contributed by atoms with Crippen molar-refractivity contribution in [2.75, 3.05) is 19.6 Å². The Morgan fingerprint density at radius 2 is 2.12 bits per heavy atom. The van der Waals surface area contributed by atoms with Crippen LogP contribution < -0.4 is 0 Å². The van der Waals surface area contributed by atoms with Crippen molar-refractivity contribution in [1.82, 2.24) is 19.7 Å². The normalized spacial score (nSPS) is 17.8. The Labute approximate surface area is 143 Å². The number of aromatic nitrogens is 3. The lowest BCUT2D eigenvalue weighted by Gasteiger charge is -2.33. The molecule has 0 spiro atoms. The average Bonchev–Trinajstić information content (AvgIpc) is 2.99. The molecule has 1 saturated heterocycles. The van der Waals surface area contributed by atoms with E-state index in [0.29, 0.717) is 5.92 Å². The number of carbonyl (C=O) groups is 1. The summed E-state index contributed by atoms with van der Waals surface area (Å²) >= 11 is 0. The fraction of sp³-hybridized carbons (Fsp3) is 0.500. The van der Waals surface area contributed by atoms with Gasteiger partial charge < -0.3 is 14.6 Å². The monoisotopic (exact) mass is 330 g/mol. The van der Waals surface area contributed by atoms with Crippen LogP contribution in [0.5, 0.6) is 0 Å². The summed E-state index contributed by atoms with van der Waals surface area (Å²) in [7, 11) is 0. The van der Waals surface area contributed by atoms with Crippen LogP contribution in [-0.2, 0) is 11.3 Å². The number of carboxylic acid groups (broad SMARTS) is 1. The zero-order valence-corrected chi connectivity index (χ0v) is 14.4. The predicted octanol–water partition coefficient (Wildman–Crippen LogP) is 2.48. The van der Waals surface area contributed by atoms with Gasteiger partial charge in [0, 0.05) is 19.6 Å². The number of aryl methyl sites for hydroxylation is 2. The van der Waals surface area contributed by atoms with Crippen LogP contribution in [0.1, 0.15) is 35.7 Å². The summed E-state index contributed by atoms with van der Waals surface area (Å²) in [4.78, 5) is 10.9. The molecule has 1 aromatic heterocycles. The van der Waals surface area contributed by atoms with Gasteiger partial charge in [0.25, 0.3) is 6.47 Å². The van der Waals surface area contributed by atoms with Gasteiger partial charge in [0.2, 0.25) is 0 Å². The summed E-state index contributed by atoms with van der Waals surface area (Å²) in [6, 6.07) is 8.99. The predicted molar refractivity (Wildman–Crippen MR) is 93.0 cm³/mol. The lowest BCUT2D eigenvalue weighted by molar-refractivity contribution is -0.122. The molecular weight excluding hydrogens is 304 g/mol. The van der Waals surface area contributed by atoms with Crippen molar-refractivity contribution in [2.45, 2.75) is 39.2 Å². The Balaban J connectivity index is 0.000000647. The number of nitrogens with zero attached hydrogens (tertiary/aromatic N) is 4. The summed E-state index contributed by atoms with van der Waals surface area (Å²) in [5.41, 5.74) is 2.87. The minimum absolute atomic E-state index is 0.250. The molecule has 2 heterocycles. The van der Waals surface area contributed by atoms with Crippen LogP contribution >= 0.6 is 0 Å². The Bertz CT molecular complexity index is 641. The van der Waals surface area contributed by atoms with Crippen LogP contribution in [0.4, 0.5) is 0 Å². The highest BCUT2D eigenvalue weighted by Crippen LogP contribution is 2.27. The lowest BCUT2D eigenvalue weighted by atomic mass is 9.90. The molecule has 1 atom stereocenters. The molecule has 0 bridgehead atoms. The number of rotatable bonds is 4. The molecule has 130 valence electrons. The van der Waals surface area contributed by atoms with Gasteiger partial charge in [0.1, 0.15) is 12.2 Å². The van der Waals surface area contributed by atoms with Crippen molar-refractivity contribution in [3.8, 4) is 0 Å². The van der Waals surface area contributed by atoms with Crippen LogP contribution in [0.15, 0.2) is 30.6 Å². The summed E-state index contributed by atoms with van der Waals surface area (Å²) in [6.45, 7) is 8.40. The second kappa shape index (κ2) is 9.17. The van der Waals surface area contributed by atoms with E-state index in [4.69, 9.17) is 9.90 Å². The highest BCUT2D eigenvalue weighted by molar-refractivity contribution is 5.32. The zero-order chi connectivity index (χ0) is 17.4. The quantitative estimate of drug-likeness (QED) is 0.872. The number of piperidine rings is 1. The van der Waals surface area contributed by atoms with Crippen molar-refractivity contribution in [3.63, 3.8) is 0 Å². The van der Waals surface area contributed by atoms with Crippen molar-refractivity contribution in [3.05, 3.63) is 47.5 Å². The Hall–Kier alpha value is -2.21. The number of benzene rings is 1. The van der Waals surface area contributed by atoms with Gasteiger partial charge in [0.05, 0.1) is 0 Å². The average molecular weight is 330 g/mol. The first-order valence-corrected chi connectivity index (χ1v) is 8.35. The molecule has 1 N–H and O–H groups in total. The molecule has 1 aliphatic heterocycles. The fourth-order valence-electron chi connectivity index (χ4n) is 3.24. The van der Waals surface area contributed by atoms with E-state index in [2.05, 4.69) is 50.9 Å². The molecule has 0 amide bonds. The molecule has 0 radical (unpaired) electrons. The molecule has 1 fully saturated rings. The topological polar surface area (TPSA) is 71.2 Å². The number of hydrogen-bond donors (Lipinski definition) is 1. The molecule has 1 aliphatic rings. The maximum absolute atomic E-state index is 8.36. The van der Waals surface area contributed by atoms with Gasteiger partial charge in [-0.25, -0.2) is 0 Å². The van der Waals surface area contributed by atoms with Crippen LogP contribution in [0.3, 0.4) is 0 Å². The van der Waals surface area contributed by atoms with E-state index in [1.807, 2.05) is 13.3 Å². The van der Waals surface area contributed by atoms with E-state index in [1.165, 1.54) is 37.1 Å². The molecule has 24 heavy (non-hydrogen) atoms. The second-order valence-electron chi connectivity index (χ2n) is 6.23. The van der Waals surface area contributed by atoms with Crippen molar-refractivity contribution < 1.29 is 9.90 Å². The molecule has 1 unspecified atom stereocenters. The van der Waals surface area contributed by atoms with Gasteiger partial charge in [-0.05, 0) is 44.7 Å². The van der Waals surface area contributed by atoms with Gasteiger partial charge in [0.15, 0.2) is 0 Å². The summed E-state index contributed by atoms with van der Waals surface area (Å²) in [6.07, 6.45) is 4.43. The minimum Gasteiger partial charge on any atom is -0.483 e. The second-order valence-corrected chi connectivity index (χ2v) is 6.23. The van der Waals surface area contributed by atoms with Crippen LogP contribution in [0.2, 0.25) is 0 Å². The third-order valence-corrected chi connectivity index (χ3v) is 4.49. The third-order valence-electron chi connectivity index (χ3n) is 4.49. The summed E-state index contributed by atoms with van der Waals surface area (Å²) in [5, 5.41) is 14.9. The molecule has 0 saturated carbocycles. The van der Waals surface area contributed by atoms with E-state index >= 15 is 0 Å². The summed E-state index contributed by atoms with van der Waals surface area (Å²) < 4.78 is 2.14. The molecule has 3 rings (SSSR count). The van der Waals surface area contributed by atoms with E-state index < -0.39 is 0 Å². The van der Waals surface area contributed by atoms with Crippen LogP contribution in [0, 0.1) is 13.8 Å². The van der Waals surface area contributed by atoms with E-state index in [0.717, 1.165) is 18.9 Å². The van der Waals surface area contributed by atoms with Gasteiger partial charge in [-0.15, -0.1) is 10.2 Å². The van der Waals surface area contributed by atoms with E-state index in [-0.39, 0.29) is 6.47 Å². The molecule has 2 aromatic rings. The molecule has 6 heteroatoms. The smallest absolute Gasteiger partial charge is 0.290 e. The Morgan fingerprint density at radius 3 is 2.79 bits per heavy atom. The van der Waals surface area contributed by atoms with E-state index in [9.17, 15) is 0 Å². The first kappa shape index (κ1) is 18.1. The van der Waals surface area contributed by atoms with Crippen molar-refractivity contribution >= 4 is 6.47 Å². The standard InChI is InChI=1S/C17H24N4.CH2O2/c1-14-5-3-6-16(11-14)17-7-4-8-20(12-17)9-10-21-13-18-19-15(21)2;2-1-3/h3,5-6,11,13,17H,4,7-10,12H2,1-2H3;1H,(H,2,3).